The van der Waals surface area contributed by atoms with Gasteiger partial charge >= 0.3 is 5.97 Å². The number of carbonyl (C=O) groups is 2. The fourth-order valence-corrected chi connectivity index (χ4v) is 2.20. The number of aryl methyl sites for hydroxylation is 1. The number of thiophene rings is 1. The van der Waals surface area contributed by atoms with E-state index in [1.54, 1.807) is 0 Å². The van der Waals surface area contributed by atoms with Gasteiger partial charge in [-0.3, -0.25) is 4.79 Å². The monoisotopic (exact) mass is 255 g/mol. The average molecular weight is 255 g/mol. The third-order valence-corrected chi connectivity index (χ3v) is 3.73. The maximum Gasteiger partial charge on any atom is 0.350 e. The Hall–Kier alpha value is -1.36. The van der Waals surface area contributed by atoms with Gasteiger partial charge in [-0.05, 0) is 24.3 Å². The second kappa shape index (κ2) is 5.82. The Balaban J connectivity index is 2.94. The Morgan fingerprint density at radius 3 is 2.71 bits per heavy atom. The van der Waals surface area contributed by atoms with Gasteiger partial charge in [0.2, 0.25) is 5.91 Å². The molecule has 0 aromatic carbocycles. The van der Waals surface area contributed by atoms with Crippen molar-refractivity contribution in [2.75, 3.05) is 12.4 Å². The topological polar surface area (TPSA) is 55.4 Å². The number of esters is 1. The molecule has 4 nitrogen and oxygen atoms in total. The normalized spacial score (nSPS) is 12.0. The fourth-order valence-electron chi connectivity index (χ4n) is 1.27. The molecule has 1 aromatic rings. The van der Waals surface area contributed by atoms with Gasteiger partial charge in [0.15, 0.2) is 0 Å². The van der Waals surface area contributed by atoms with E-state index in [1.165, 1.54) is 18.4 Å². The lowest BCUT2D eigenvalue weighted by Crippen LogP contribution is -2.21. The molecule has 1 unspecified atom stereocenters. The molecule has 0 bridgehead atoms. The number of anilines is 1. The summed E-state index contributed by atoms with van der Waals surface area (Å²) in [5, 5.41) is 4.63. The van der Waals surface area contributed by atoms with Crippen LogP contribution in [0.1, 0.15) is 35.5 Å². The summed E-state index contributed by atoms with van der Waals surface area (Å²) in [6.07, 6.45) is 0.766. The predicted molar refractivity (Wildman–Crippen MR) is 68.5 cm³/mol. The van der Waals surface area contributed by atoms with E-state index in [1.807, 2.05) is 26.2 Å². The summed E-state index contributed by atoms with van der Waals surface area (Å²) in [4.78, 5) is 23.7. The molecule has 0 spiro atoms. The molecule has 0 aliphatic carbocycles. The first-order valence-electron chi connectivity index (χ1n) is 5.48. The summed E-state index contributed by atoms with van der Waals surface area (Å²) in [6.45, 7) is 5.66. The average Bonchev–Trinajstić information content (AvgIpc) is 2.69. The smallest absolute Gasteiger partial charge is 0.350 e. The maximum atomic E-state index is 11.8. The van der Waals surface area contributed by atoms with Crippen molar-refractivity contribution in [2.24, 2.45) is 5.92 Å². The van der Waals surface area contributed by atoms with Gasteiger partial charge < -0.3 is 10.1 Å². The first-order valence-corrected chi connectivity index (χ1v) is 6.36. The van der Waals surface area contributed by atoms with Crippen LogP contribution in [0.2, 0.25) is 0 Å². The van der Waals surface area contributed by atoms with Crippen molar-refractivity contribution in [1.29, 1.82) is 0 Å². The zero-order valence-corrected chi connectivity index (χ0v) is 11.3. The van der Waals surface area contributed by atoms with Crippen LogP contribution < -0.4 is 5.32 Å². The third-order valence-electron chi connectivity index (χ3n) is 2.65. The van der Waals surface area contributed by atoms with Gasteiger partial charge in [0.1, 0.15) is 4.88 Å². The molecular weight excluding hydrogens is 238 g/mol. The summed E-state index contributed by atoms with van der Waals surface area (Å²) in [7, 11) is 1.33. The zero-order chi connectivity index (χ0) is 13.0. The van der Waals surface area contributed by atoms with Crippen molar-refractivity contribution in [3.63, 3.8) is 0 Å². The highest BCUT2D eigenvalue weighted by Crippen LogP contribution is 2.28. The number of carbonyl (C=O) groups excluding carboxylic acids is 2. The SMILES string of the molecule is CCC(C)C(=O)Nc1c(C)csc1C(=O)OC. The van der Waals surface area contributed by atoms with E-state index in [0.29, 0.717) is 10.6 Å². The number of ether oxygens (including phenoxy) is 1. The molecule has 1 heterocycles. The van der Waals surface area contributed by atoms with Crippen LogP contribution in [0.4, 0.5) is 5.69 Å². The molecule has 0 aliphatic heterocycles. The molecule has 0 aliphatic rings. The minimum absolute atomic E-state index is 0.0696. The van der Waals surface area contributed by atoms with E-state index < -0.39 is 5.97 Å². The van der Waals surface area contributed by atoms with Crippen molar-refractivity contribution >= 4 is 28.9 Å². The number of nitrogens with one attached hydrogen (secondary N) is 1. The van der Waals surface area contributed by atoms with E-state index >= 15 is 0 Å². The fraction of sp³-hybridized carbons (Fsp3) is 0.500. The molecular formula is C12H17NO3S. The number of hydrogen-bond donors (Lipinski definition) is 1. The van der Waals surface area contributed by atoms with Crippen molar-refractivity contribution in [2.45, 2.75) is 27.2 Å². The van der Waals surface area contributed by atoms with Gasteiger partial charge in [0, 0.05) is 5.92 Å². The Kier molecular flexibility index (Phi) is 4.69. The van der Waals surface area contributed by atoms with Crippen molar-refractivity contribution in [3.05, 3.63) is 15.8 Å². The molecule has 0 saturated carbocycles. The van der Waals surface area contributed by atoms with Crippen molar-refractivity contribution < 1.29 is 14.3 Å². The molecule has 94 valence electrons. The van der Waals surface area contributed by atoms with Crippen LogP contribution in [-0.4, -0.2) is 19.0 Å². The zero-order valence-electron chi connectivity index (χ0n) is 10.5. The maximum absolute atomic E-state index is 11.8. The van der Waals surface area contributed by atoms with Crippen molar-refractivity contribution in [3.8, 4) is 0 Å². The van der Waals surface area contributed by atoms with Crippen LogP contribution in [-0.2, 0) is 9.53 Å². The standard InChI is InChI=1S/C12H17NO3S/c1-5-7(2)11(14)13-9-8(3)6-17-10(9)12(15)16-4/h6-7H,5H2,1-4H3,(H,13,14). The number of amides is 1. The molecule has 5 heteroatoms. The van der Waals surface area contributed by atoms with E-state index in [-0.39, 0.29) is 11.8 Å². The highest BCUT2D eigenvalue weighted by atomic mass is 32.1. The Labute approximate surface area is 105 Å². The van der Waals surface area contributed by atoms with E-state index in [2.05, 4.69) is 10.1 Å². The molecule has 17 heavy (non-hydrogen) atoms. The summed E-state index contributed by atoms with van der Waals surface area (Å²) >= 11 is 1.28. The van der Waals surface area contributed by atoms with Crippen LogP contribution in [0.25, 0.3) is 0 Å². The lowest BCUT2D eigenvalue weighted by molar-refractivity contribution is -0.119. The Bertz CT molecular complexity index is 425. The second-order valence-electron chi connectivity index (χ2n) is 3.91. The molecule has 0 radical (unpaired) electrons. The minimum atomic E-state index is -0.414. The molecule has 0 saturated heterocycles. The Morgan fingerprint density at radius 2 is 2.18 bits per heavy atom. The number of rotatable bonds is 4. The largest absolute Gasteiger partial charge is 0.465 e. The summed E-state index contributed by atoms with van der Waals surface area (Å²) in [6, 6.07) is 0. The van der Waals surface area contributed by atoms with Gasteiger partial charge in [-0.15, -0.1) is 11.3 Å². The van der Waals surface area contributed by atoms with E-state index in [9.17, 15) is 9.59 Å². The summed E-state index contributed by atoms with van der Waals surface area (Å²) < 4.78 is 4.68. The molecule has 1 N–H and O–H groups in total. The van der Waals surface area contributed by atoms with Gasteiger partial charge in [0.25, 0.3) is 0 Å². The van der Waals surface area contributed by atoms with Gasteiger partial charge in [0.05, 0.1) is 12.8 Å². The summed E-state index contributed by atoms with van der Waals surface area (Å²) in [5.41, 5.74) is 1.46. The second-order valence-corrected chi connectivity index (χ2v) is 4.79. The quantitative estimate of drug-likeness (QED) is 0.842. The highest BCUT2D eigenvalue weighted by molar-refractivity contribution is 7.12. The first kappa shape index (κ1) is 13.7. The minimum Gasteiger partial charge on any atom is -0.465 e. The van der Waals surface area contributed by atoms with E-state index in [4.69, 9.17) is 0 Å². The van der Waals surface area contributed by atoms with E-state index in [0.717, 1.165) is 12.0 Å². The first-order chi connectivity index (χ1) is 8.01. The molecule has 1 atom stereocenters. The molecule has 1 aromatic heterocycles. The van der Waals surface area contributed by atoms with Crippen molar-refractivity contribution in [1.82, 2.24) is 0 Å². The molecule has 0 fully saturated rings. The van der Waals surface area contributed by atoms with Crippen LogP contribution in [0, 0.1) is 12.8 Å². The van der Waals surface area contributed by atoms with Gasteiger partial charge in [-0.25, -0.2) is 4.79 Å². The lowest BCUT2D eigenvalue weighted by atomic mass is 10.1. The third kappa shape index (κ3) is 3.06. The van der Waals surface area contributed by atoms with Crippen LogP contribution in [0.3, 0.4) is 0 Å². The molecule has 1 rings (SSSR count). The lowest BCUT2D eigenvalue weighted by Gasteiger charge is -2.11. The van der Waals surface area contributed by atoms with Gasteiger partial charge in [-0.2, -0.15) is 0 Å². The van der Waals surface area contributed by atoms with Gasteiger partial charge in [-0.1, -0.05) is 13.8 Å². The van der Waals surface area contributed by atoms with Crippen LogP contribution in [0.5, 0.6) is 0 Å². The predicted octanol–water partition coefficient (Wildman–Crippen LogP) is 2.83. The highest BCUT2D eigenvalue weighted by Gasteiger charge is 2.20. The summed E-state index contributed by atoms with van der Waals surface area (Å²) in [5.74, 6) is -0.554. The van der Waals surface area contributed by atoms with Crippen LogP contribution in [0.15, 0.2) is 5.38 Å². The number of methoxy groups -OCH3 is 1. The molecule has 1 amide bonds. The number of hydrogen-bond acceptors (Lipinski definition) is 4. The Morgan fingerprint density at radius 1 is 1.53 bits per heavy atom. The van der Waals surface area contributed by atoms with Crippen LogP contribution >= 0.6 is 11.3 Å².